The summed E-state index contributed by atoms with van der Waals surface area (Å²) in [5.74, 6) is 1.38. The maximum absolute atomic E-state index is 11.9. The second-order valence-corrected chi connectivity index (χ2v) is 6.78. The van der Waals surface area contributed by atoms with Gasteiger partial charge in [0.15, 0.2) is 6.61 Å². The van der Waals surface area contributed by atoms with Crippen molar-refractivity contribution >= 4 is 29.9 Å². The zero-order chi connectivity index (χ0) is 17.5. The monoisotopic (exact) mass is 381 g/mol. The Bertz CT molecular complexity index is 588. The van der Waals surface area contributed by atoms with E-state index >= 15 is 0 Å². The van der Waals surface area contributed by atoms with Crippen LogP contribution in [-0.2, 0) is 9.59 Å². The van der Waals surface area contributed by atoms with Crippen LogP contribution in [0.3, 0.4) is 0 Å². The largest absolute Gasteiger partial charge is 0.484 e. The average molecular weight is 382 g/mol. The molecule has 0 aromatic heterocycles. The van der Waals surface area contributed by atoms with Crippen molar-refractivity contribution in [3.63, 3.8) is 0 Å². The summed E-state index contributed by atoms with van der Waals surface area (Å²) in [6.45, 7) is 3.66. The molecule has 1 aromatic carbocycles. The number of carbonyl (C=O) groups is 2. The Morgan fingerprint density at radius 1 is 1.27 bits per heavy atom. The van der Waals surface area contributed by atoms with Crippen molar-refractivity contribution in [1.82, 2.24) is 10.6 Å². The van der Waals surface area contributed by atoms with Crippen LogP contribution in [0.25, 0.3) is 0 Å². The highest BCUT2D eigenvalue weighted by atomic mass is 35.5. The van der Waals surface area contributed by atoms with Crippen molar-refractivity contribution in [3.05, 3.63) is 24.3 Å². The first-order chi connectivity index (χ1) is 12.2. The summed E-state index contributed by atoms with van der Waals surface area (Å²) in [5, 5.41) is 6.30. The van der Waals surface area contributed by atoms with Crippen LogP contribution in [0, 0.1) is 5.92 Å². The van der Waals surface area contributed by atoms with Crippen LogP contribution >= 0.6 is 12.4 Å². The third kappa shape index (κ3) is 5.88. The molecule has 1 unspecified atom stereocenters. The molecule has 0 bridgehead atoms. The van der Waals surface area contributed by atoms with Gasteiger partial charge < -0.3 is 20.3 Å². The highest BCUT2D eigenvalue weighted by Crippen LogP contribution is 2.23. The Hall–Kier alpha value is -1.79. The summed E-state index contributed by atoms with van der Waals surface area (Å²) in [6, 6.07) is 7.35. The molecule has 2 amide bonds. The van der Waals surface area contributed by atoms with Crippen LogP contribution in [0.5, 0.6) is 5.75 Å². The molecule has 2 aliphatic heterocycles. The van der Waals surface area contributed by atoms with Gasteiger partial charge in [-0.05, 0) is 69.0 Å². The molecular formula is C19H28ClN3O3. The zero-order valence-electron chi connectivity index (χ0n) is 15.0. The fraction of sp³-hybridized carbons (Fsp3) is 0.579. The highest BCUT2D eigenvalue weighted by molar-refractivity contribution is 5.95. The second-order valence-electron chi connectivity index (χ2n) is 6.78. The van der Waals surface area contributed by atoms with Crippen molar-refractivity contribution in [1.29, 1.82) is 0 Å². The van der Waals surface area contributed by atoms with E-state index in [1.54, 1.807) is 4.90 Å². The normalized spacial score (nSPS) is 19.8. The molecule has 0 radical (unpaired) electrons. The minimum Gasteiger partial charge on any atom is -0.484 e. The summed E-state index contributed by atoms with van der Waals surface area (Å²) in [6.07, 6.45) is 5.01. The van der Waals surface area contributed by atoms with Gasteiger partial charge in [-0.1, -0.05) is 0 Å². The number of anilines is 1. The minimum atomic E-state index is -0.0948. The van der Waals surface area contributed by atoms with E-state index in [-0.39, 0.29) is 30.8 Å². The first-order valence-corrected chi connectivity index (χ1v) is 9.23. The van der Waals surface area contributed by atoms with Gasteiger partial charge in [0.1, 0.15) is 5.75 Å². The number of carbonyl (C=O) groups excluding carboxylic acids is 2. The molecule has 144 valence electrons. The lowest BCUT2D eigenvalue weighted by Crippen LogP contribution is -2.34. The van der Waals surface area contributed by atoms with Gasteiger partial charge in [-0.25, -0.2) is 0 Å². The van der Waals surface area contributed by atoms with Gasteiger partial charge in [0.2, 0.25) is 5.91 Å². The van der Waals surface area contributed by atoms with E-state index < -0.39 is 0 Å². The van der Waals surface area contributed by atoms with Gasteiger partial charge in [0.05, 0.1) is 0 Å². The maximum Gasteiger partial charge on any atom is 0.257 e. The van der Waals surface area contributed by atoms with E-state index in [1.807, 2.05) is 24.3 Å². The third-order valence-electron chi connectivity index (χ3n) is 4.87. The number of ether oxygens (including phenoxy) is 1. The molecule has 2 N–H and O–H groups in total. The number of piperidine rings is 1. The Morgan fingerprint density at radius 2 is 2.08 bits per heavy atom. The van der Waals surface area contributed by atoms with Crippen LogP contribution in [-0.4, -0.2) is 44.6 Å². The highest BCUT2D eigenvalue weighted by Gasteiger charge is 2.21. The Morgan fingerprint density at radius 3 is 2.73 bits per heavy atom. The maximum atomic E-state index is 11.9. The molecule has 1 aromatic rings. The molecule has 1 atom stereocenters. The number of halogens is 1. The van der Waals surface area contributed by atoms with Crippen LogP contribution < -0.4 is 20.3 Å². The number of hydrogen-bond acceptors (Lipinski definition) is 4. The molecule has 2 fully saturated rings. The SMILES string of the molecule is Cl.O=C(COc1ccc(N2CCCC2=O)cc1)NCCC1CCCNC1. The van der Waals surface area contributed by atoms with E-state index in [0.717, 1.165) is 38.2 Å². The fourth-order valence-corrected chi connectivity index (χ4v) is 3.43. The molecule has 7 heteroatoms. The lowest BCUT2D eigenvalue weighted by Gasteiger charge is -2.22. The van der Waals surface area contributed by atoms with Gasteiger partial charge in [-0.15, -0.1) is 12.4 Å². The first kappa shape index (κ1) is 20.5. The van der Waals surface area contributed by atoms with E-state index in [4.69, 9.17) is 4.74 Å². The molecule has 0 saturated carbocycles. The summed E-state index contributed by atoms with van der Waals surface area (Å²) in [5.41, 5.74) is 0.889. The van der Waals surface area contributed by atoms with Crippen LogP contribution in [0.2, 0.25) is 0 Å². The predicted octanol–water partition coefficient (Wildman–Crippen LogP) is 2.12. The topological polar surface area (TPSA) is 70.7 Å². The number of amides is 2. The smallest absolute Gasteiger partial charge is 0.257 e. The molecule has 3 rings (SSSR count). The van der Waals surface area contributed by atoms with Crippen molar-refractivity contribution in [2.45, 2.75) is 32.1 Å². The summed E-state index contributed by atoms with van der Waals surface area (Å²) >= 11 is 0. The third-order valence-corrected chi connectivity index (χ3v) is 4.87. The molecular weight excluding hydrogens is 354 g/mol. The zero-order valence-corrected chi connectivity index (χ0v) is 15.9. The van der Waals surface area contributed by atoms with Crippen LogP contribution in [0.15, 0.2) is 24.3 Å². The molecule has 2 aliphatic rings. The standard InChI is InChI=1S/C19H27N3O3.ClH/c23-18(21-11-9-15-3-1-10-20-13-15)14-25-17-7-5-16(6-8-17)22-12-2-4-19(22)24;/h5-8,15,20H,1-4,9-14H2,(H,21,23);1H. The molecule has 2 saturated heterocycles. The van der Waals surface area contributed by atoms with Gasteiger partial charge in [0.25, 0.3) is 5.91 Å². The molecule has 6 nitrogen and oxygen atoms in total. The average Bonchev–Trinajstić information content (AvgIpc) is 3.07. The van der Waals surface area contributed by atoms with Crippen molar-refractivity contribution < 1.29 is 14.3 Å². The van der Waals surface area contributed by atoms with E-state index in [2.05, 4.69) is 10.6 Å². The quantitative estimate of drug-likeness (QED) is 0.759. The number of nitrogens with one attached hydrogen (secondary N) is 2. The summed E-state index contributed by atoms with van der Waals surface area (Å²) in [4.78, 5) is 25.4. The van der Waals surface area contributed by atoms with Gasteiger partial charge in [0, 0.05) is 25.2 Å². The van der Waals surface area contributed by atoms with Crippen LogP contribution in [0.1, 0.15) is 32.1 Å². The van der Waals surface area contributed by atoms with E-state index in [9.17, 15) is 9.59 Å². The lowest BCUT2D eigenvalue weighted by atomic mass is 9.96. The summed E-state index contributed by atoms with van der Waals surface area (Å²) in [7, 11) is 0. The van der Waals surface area contributed by atoms with E-state index in [0.29, 0.717) is 24.6 Å². The lowest BCUT2D eigenvalue weighted by molar-refractivity contribution is -0.123. The Balaban J connectivity index is 0.00000243. The number of benzene rings is 1. The molecule has 2 heterocycles. The van der Waals surface area contributed by atoms with Crippen molar-refractivity contribution in [2.24, 2.45) is 5.92 Å². The number of nitrogens with zero attached hydrogens (tertiary/aromatic N) is 1. The van der Waals surface area contributed by atoms with Crippen LogP contribution in [0.4, 0.5) is 5.69 Å². The number of hydrogen-bond donors (Lipinski definition) is 2. The van der Waals surface area contributed by atoms with Crippen molar-refractivity contribution in [3.8, 4) is 5.75 Å². The van der Waals surface area contributed by atoms with E-state index in [1.165, 1.54) is 12.8 Å². The second kappa shape index (κ2) is 10.4. The molecule has 0 spiro atoms. The van der Waals surface area contributed by atoms with Gasteiger partial charge >= 0.3 is 0 Å². The molecule has 0 aliphatic carbocycles. The summed E-state index contributed by atoms with van der Waals surface area (Å²) < 4.78 is 5.53. The predicted molar refractivity (Wildman–Crippen MR) is 104 cm³/mol. The number of rotatable bonds is 7. The van der Waals surface area contributed by atoms with Gasteiger partial charge in [-0.3, -0.25) is 9.59 Å². The molecule has 26 heavy (non-hydrogen) atoms. The Kier molecular flexibility index (Phi) is 8.19. The fourth-order valence-electron chi connectivity index (χ4n) is 3.43. The minimum absolute atomic E-state index is 0. The van der Waals surface area contributed by atoms with Gasteiger partial charge in [-0.2, -0.15) is 0 Å². The van der Waals surface area contributed by atoms with Crippen molar-refractivity contribution in [2.75, 3.05) is 37.7 Å². The first-order valence-electron chi connectivity index (χ1n) is 9.23. The Labute approximate surface area is 161 Å².